The predicted octanol–water partition coefficient (Wildman–Crippen LogP) is 1.17. The van der Waals surface area contributed by atoms with Crippen molar-refractivity contribution in [1.82, 2.24) is 9.78 Å². The number of hydrazine groups is 1. The van der Waals surface area contributed by atoms with Gasteiger partial charge in [0.2, 0.25) is 0 Å². The number of nitrogens with one attached hydrogen (secondary N) is 2. The molecule has 9 heteroatoms. The number of nitro groups is 1. The number of anilines is 2. The first-order valence-corrected chi connectivity index (χ1v) is 5.99. The lowest BCUT2D eigenvalue weighted by molar-refractivity contribution is -0.385. The van der Waals surface area contributed by atoms with Crippen molar-refractivity contribution in [2.45, 2.75) is 6.92 Å². The van der Waals surface area contributed by atoms with Gasteiger partial charge in [-0.3, -0.25) is 25.4 Å². The number of rotatable bonds is 4. The third kappa shape index (κ3) is 2.98. The van der Waals surface area contributed by atoms with Crippen molar-refractivity contribution in [2.24, 2.45) is 12.9 Å². The van der Waals surface area contributed by atoms with Gasteiger partial charge < -0.3 is 10.7 Å². The van der Waals surface area contributed by atoms with Crippen molar-refractivity contribution in [3.63, 3.8) is 0 Å². The van der Waals surface area contributed by atoms with Crippen LogP contribution < -0.4 is 16.6 Å². The Hall–Kier alpha value is -2.94. The molecule has 0 saturated heterocycles. The minimum absolute atomic E-state index is 0.0886. The monoisotopic (exact) mass is 290 g/mol. The van der Waals surface area contributed by atoms with Crippen LogP contribution in [-0.2, 0) is 7.05 Å². The number of nitrogens with zero attached hydrogens (tertiary/aromatic N) is 3. The highest BCUT2D eigenvalue weighted by Crippen LogP contribution is 2.23. The van der Waals surface area contributed by atoms with E-state index in [4.69, 9.17) is 5.84 Å². The van der Waals surface area contributed by atoms with Crippen LogP contribution in [0, 0.1) is 17.0 Å². The Morgan fingerprint density at radius 1 is 1.43 bits per heavy atom. The molecule has 0 unspecified atom stereocenters. The summed E-state index contributed by atoms with van der Waals surface area (Å²) in [4.78, 5) is 22.6. The lowest BCUT2D eigenvalue weighted by Crippen LogP contribution is -2.17. The van der Waals surface area contributed by atoms with Gasteiger partial charge in [0.15, 0.2) is 0 Å². The third-order valence-corrected chi connectivity index (χ3v) is 2.85. The summed E-state index contributed by atoms with van der Waals surface area (Å²) in [6.07, 6.45) is 0. The van der Waals surface area contributed by atoms with Crippen LogP contribution in [0.1, 0.15) is 16.1 Å². The minimum atomic E-state index is -0.621. The molecule has 21 heavy (non-hydrogen) atoms. The van der Waals surface area contributed by atoms with Crippen LogP contribution in [-0.4, -0.2) is 20.6 Å². The fourth-order valence-electron chi connectivity index (χ4n) is 1.88. The molecule has 0 fully saturated rings. The van der Waals surface area contributed by atoms with Crippen LogP contribution in [0.4, 0.5) is 17.2 Å². The van der Waals surface area contributed by atoms with E-state index in [0.29, 0.717) is 11.5 Å². The maximum atomic E-state index is 12.2. The molecule has 1 aromatic heterocycles. The zero-order chi connectivity index (χ0) is 15.6. The normalized spacial score (nSPS) is 10.2. The van der Waals surface area contributed by atoms with Crippen molar-refractivity contribution in [2.75, 3.05) is 10.7 Å². The van der Waals surface area contributed by atoms with Crippen LogP contribution in [0.15, 0.2) is 24.3 Å². The number of nitrogen functional groups attached to an aromatic ring is 1. The van der Waals surface area contributed by atoms with Crippen LogP contribution in [0.3, 0.4) is 0 Å². The van der Waals surface area contributed by atoms with E-state index in [1.165, 1.54) is 22.9 Å². The molecular weight excluding hydrogens is 276 g/mol. The molecule has 0 atom stereocenters. The summed E-state index contributed by atoms with van der Waals surface area (Å²) in [6, 6.07) is 5.62. The van der Waals surface area contributed by atoms with Gasteiger partial charge in [0, 0.05) is 24.9 Å². The zero-order valence-electron chi connectivity index (χ0n) is 11.5. The molecule has 1 aromatic carbocycles. The van der Waals surface area contributed by atoms with Gasteiger partial charge in [-0.2, -0.15) is 5.10 Å². The number of aromatic nitrogens is 2. The number of hydrogen-bond acceptors (Lipinski definition) is 6. The number of carbonyl (C=O) groups is 1. The molecule has 4 N–H and O–H groups in total. The Labute approximate surface area is 119 Å². The lowest BCUT2D eigenvalue weighted by Gasteiger charge is -2.07. The Morgan fingerprint density at radius 3 is 2.67 bits per heavy atom. The highest BCUT2D eigenvalue weighted by molar-refractivity contribution is 6.07. The first-order chi connectivity index (χ1) is 9.92. The number of benzene rings is 1. The first-order valence-electron chi connectivity index (χ1n) is 5.99. The predicted molar refractivity (Wildman–Crippen MR) is 76.8 cm³/mol. The highest BCUT2D eigenvalue weighted by atomic mass is 16.6. The van der Waals surface area contributed by atoms with E-state index in [2.05, 4.69) is 15.8 Å². The van der Waals surface area contributed by atoms with Gasteiger partial charge in [0.1, 0.15) is 11.4 Å². The van der Waals surface area contributed by atoms with E-state index in [1.807, 2.05) is 0 Å². The molecule has 110 valence electrons. The maximum Gasteiger partial charge on any atom is 0.282 e. The number of nitro benzene ring substituents is 1. The molecule has 0 radical (unpaired) electrons. The van der Waals surface area contributed by atoms with Gasteiger partial charge in [-0.15, -0.1) is 0 Å². The van der Waals surface area contributed by atoms with Crippen molar-refractivity contribution in [3.8, 4) is 0 Å². The molecule has 0 bridgehead atoms. The SMILES string of the molecule is Cc1cc(NC(=O)c2cc(NN)ccc2[N+](=O)[O-])n(C)n1. The second kappa shape index (κ2) is 5.59. The van der Waals surface area contributed by atoms with Crippen molar-refractivity contribution >= 4 is 23.1 Å². The summed E-state index contributed by atoms with van der Waals surface area (Å²) in [7, 11) is 1.66. The summed E-state index contributed by atoms with van der Waals surface area (Å²) < 4.78 is 1.48. The van der Waals surface area contributed by atoms with Gasteiger partial charge in [0.25, 0.3) is 11.6 Å². The van der Waals surface area contributed by atoms with Gasteiger partial charge in [-0.25, -0.2) is 0 Å². The second-order valence-corrected chi connectivity index (χ2v) is 4.38. The quantitative estimate of drug-likeness (QED) is 0.440. The van der Waals surface area contributed by atoms with Crippen molar-refractivity contribution in [1.29, 1.82) is 0 Å². The van der Waals surface area contributed by atoms with Crippen LogP contribution in [0.25, 0.3) is 0 Å². The summed E-state index contributed by atoms with van der Waals surface area (Å²) in [5.74, 6) is 5.09. The van der Waals surface area contributed by atoms with E-state index in [1.54, 1.807) is 20.0 Å². The average molecular weight is 290 g/mol. The topological polar surface area (TPSA) is 128 Å². The van der Waals surface area contributed by atoms with Gasteiger partial charge in [-0.05, 0) is 19.1 Å². The summed E-state index contributed by atoms with van der Waals surface area (Å²) >= 11 is 0. The molecule has 0 saturated carbocycles. The van der Waals surface area contributed by atoms with Gasteiger partial charge in [0.05, 0.1) is 10.6 Å². The minimum Gasteiger partial charge on any atom is -0.324 e. The fourth-order valence-corrected chi connectivity index (χ4v) is 1.88. The number of aryl methyl sites for hydroxylation is 2. The van der Waals surface area contributed by atoms with Gasteiger partial charge in [-0.1, -0.05) is 0 Å². The molecular formula is C12H14N6O3. The van der Waals surface area contributed by atoms with E-state index in [9.17, 15) is 14.9 Å². The van der Waals surface area contributed by atoms with E-state index in [-0.39, 0.29) is 11.3 Å². The van der Waals surface area contributed by atoms with Crippen molar-refractivity contribution in [3.05, 3.63) is 45.6 Å². The molecule has 2 aromatic rings. The fraction of sp³-hybridized carbons (Fsp3) is 0.167. The van der Waals surface area contributed by atoms with E-state index >= 15 is 0 Å². The number of carbonyl (C=O) groups excluding carboxylic acids is 1. The Bertz CT molecular complexity index is 709. The third-order valence-electron chi connectivity index (χ3n) is 2.85. The summed E-state index contributed by atoms with van der Waals surface area (Å²) in [5.41, 5.74) is 3.08. The number of nitrogens with two attached hydrogens (primary N) is 1. The highest BCUT2D eigenvalue weighted by Gasteiger charge is 2.21. The van der Waals surface area contributed by atoms with Crippen LogP contribution in [0.5, 0.6) is 0 Å². The standard InChI is InChI=1S/C12H14N6O3/c1-7-5-11(17(2)16-7)14-12(19)9-6-8(15-13)3-4-10(9)18(20)21/h3-6,15H,13H2,1-2H3,(H,14,19). The van der Waals surface area contributed by atoms with E-state index < -0.39 is 10.8 Å². The molecule has 9 nitrogen and oxygen atoms in total. The van der Waals surface area contributed by atoms with Gasteiger partial charge >= 0.3 is 0 Å². The molecule has 2 rings (SSSR count). The lowest BCUT2D eigenvalue weighted by atomic mass is 10.1. The Kier molecular flexibility index (Phi) is 3.85. The maximum absolute atomic E-state index is 12.2. The number of hydrogen-bond donors (Lipinski definition) is 3. The average Bonchev–Trinajstić information content (AvgIpc) is 2.75. The summed E-state index contributed by atoms with van der Waals surface area (Å²) in [6.45, 7) is 1.77. The zero-order valence-corrected chi connectivity index (χ0v) is 11.5. The van der Waals surface area contributed by atoms with E-state index in [0.717, 1.165) is 5.69 Å². The smallest absolute Gasteiger partial charge is 0.282 e. The van der Waals surface area contributed by atoms with Crippen molar-refractivity contribution < 1.29 is 9.72 Å². The number of amides is 1. The largest absolute Gasteiger partial charge is 0.324 e. The Balaban J connectivity index is 2.37. The van der Waals surface area contributed by atoms with Crippen LogP contribution in [0.2, 0.25) is 0 Å². The molecule has 1 amide bonds. The first kappa shape index (κ1) is 14.5. The molecule has 0 aliphatic heterocycles. The molecule has 0 aliphatic carbocycles. The Morgan fingerprint density at radius 2 is 2.14 bits per heavy atom. The molecule has 1 heterocycles. The summed E-state index contributed by atoms with van der Waals surface area (Å²) in [5, 5.41) is 17.7. The molecule has 0 aliphatic rings. The second-order valence-electron chi connectivity index (χ2n) is 4.38. The molecule has 0 spiro atoms. The van der Waals surface area contributed by atoms with Crippen LogP contribution >= 0.6 is 0 Å².